The van der Waals surface area contributed by atoms with Gasteiger partial charge in [0.05, 0.1) is 6.04 Å². The van der Waals surface area contributed by atoms with E-state index in [0.29, 0.717) is 30.3 Å². The molecule has 2 saturated heterocycles. The molecule has 1 aromatic heterocycles. The van der Waals surface area contributed by atoms with Crippen molar-refractivity contribution < 1.29 is 14.3 Å². The highest BCUT2D eigenvalue weighted by molar-refractivity contribution is 6.30. The smallest absolute Gasteiger partial charge is 0.286 e. The van der Waals surface area contributed by atoms with E-state index in [1.165, 1.54) is 0 Å². The lowest BCUT2D eigenvalue weighted by Crippen LogP contribution is -2.56. The van der Waals surface area contributed by atoms with Crippen LogP contribution in [0.3, 0.4) is 0 Å². The maximum Gasteiger partial charge on any atom is 0.286 e. The topological polar surface area (TPSA) is 74.8 Å². The highest BCUT2D eigenvalue weighted by Gasteiger charge is 2.41. The number of nitrogens with one attached hydrogen (secondary N) is 1. The van der Waals surface area contributed by atoms with Crippen molar-refractivity contribution >= 4 is 35.3 Å². The van der Waals surface area contributed by atoms with Gasteiger partial charge in [0.2, 0.25) is 5.91 Å². The van der Waals surface area contributed by atoms with Gasteiger partial charge >= 0.3 is 0 Å². The predicted molar refractivity (Wildman–Crippen MR) is 127 cm³/mol. The Balaban J connectivity index is 1.17. The molecule has 1 saturated carbocycles. The van der Waals surface area contributed by atoms with E-state index in [9.17, 15) is 9.59 Å². The zero-order chi connectivity index (χ0) is 22.8. The van der Waals surface area contributed by atoms with Gasteiger partial charge in [-0.1, -0.05) is 29.8 Å². The summed E-state index contributed by atoms with van der Waals surface area (Å²) in [7, 11) is 0. The molecule has 3 aliphatic rings. The average Bonchev–Trinajstić information content (AvgIpc) is 2.86. The van der Waals surface area contributed by atoms with Gasteiger partial charge in [-0.05, 0) is 55.2 Å². The highest BCUT2D eigenvalue weighted by atomic mass is 35.5. The van der Waals surface area contributed by atoms with Crippen molar-refractivity contribution in [2.24, 2.45) is 5.92 Å². The van der Waals surface area contributed by atoms with Crippen LogP contribution in [0, 0.1) is 5.92 Å². The third kappa shape index (κ3) is 4.83. The maximum atomic E-state index is 13.2. The second-order valence-electron chi connectivity index (χ2n) is 8.81. The molecule has 3 unspecified atom stereocenters. The van der Waals surface area contributed by atoms with E-state index in [0.717, 1.165) is 37.3 Å². The number of hydrogen-bond acceptors (Lipinski definition) is 5. The molecule has 0 radical (unpaired) electrons. The number of carbonyl (C=O) groups is 2. The molecule has 8 heteroatoms. The third-order valence-corrected chi connectivity index (χ3v) is 6.94. The van der Waals surface area contributed by atoms with Crippen LogP contribution in [0.15, 0.2) is 54.4 Å². The number of aromatic nitrogens is 1. The summed E-state index contributed by atoms with van der Waals surface area (Å²) in [4.78, 5) is 34.4. The first-order chi connectivity index (χ1) is 16.1. The number of anilines is 1. The van der Waals surface area contributed by atoms with Gasteiger partial charge < -0.3 is 19.9 Å². The second kappa shape index (κ2) is 9.43. The minimum atomic E-state index is -0.233. The Labute approximate surface area is 198 Å². The lowest BCUT2D eigenvalue weighted by Gasteiger charge is -2.42. The van der Waals surface area contributed by atoms with E-state index < -0.39 is 0 Å². The van der Waals surface area contributed by atoms with E-state index in [1.54, 1.807) is 24.4 Å². The van der Waals surface area contributed by atoms with E-state index in [1.807, 2.05) is 35.2 Å². The number of piperazine rings is 1. The summed E-state index contributed by atoms with van der Waals surface area (Å²) in [5, 5.41) is 3.72. The van der Waals surface area contributed by atoms with Crippen molar-refractivity contribution in [3.8, 4) is 0 Å². The Hall–Kier alpha value is -3.06. The molecule has 2 aliphatic heterocycles. The Morgan fingerprint density at radius 2 is 1.88 bits per heavy atom. The Kier molecular flexibility index (Phi) is 6.22. The molecule has 33 heavy (non-hydrogen) atoms. The van der Waals surface area contributed by atoms with Crippen molar-refractivity contribution in [2.75, 3.05) is 31.1 Å². The van der Waals surface area contributed by atoms with E-state index >= 15 is 0 Å². The van der Waals surface area contributed by atoms with Crippen molar-refractivity contribution in [3.63, 3.8) is 0 Å². The molecule has 172 valence electrons. The quantitative estimate of drug-likeness (QED) is 0.703. The van der Waals surface area contributed by atoms with Crippen molar-refractivity contribution in [2.45, 2.75) is 31.4 Å². The molecule has 0 bridgehead atoms. The van der Waals surface area contributed by atoms with Crippen LogP contribution in [-0.4, -0.2) is 60.0 Å². The number of pyridine rings is 1. The van der Waals surface area contributed by atoms with Gasteiger partial charge in [0.1, 0.15) is 11.9 Å². The van der Waals surface area contributed by atoms with Crippen LogP contribution < -0.4 is 10.2 Å². The monoisotopic (exact) mass is 466 g/mol. The number of nitrogens with zero attached hydrogens (tertiary/aromatic N) is 3. The number of carbonyl (C=O) groups excluding carboxylic acids is 2. The molecule has 7 nitrogen and oxygen atoms in total. The molecule has 3 heterocycles. The van der Waals surface area contributed by atoms with Gasteiger partial charge in [-0.25, -0.2) is 4.98 Å². The third-order valence-electron chi connectivity index (χ3n) is 6.69. The van der Waals surface area contributed by atoms with Crippen LogP contribution in [0.25, 0.3) is 6.08 Å². The number of halogens is 1. The summed E-state index contributed by atoms with van der Waals surface area (Å²) >= 11 is 5.94. The summed E-state index contributed by atoms with van der Waals surface area (Å²) in [6.07, 6.45) is 5.55. The maximum absolute atomic E-state index is 13.2. The first-order valence-corrected chi connectivity index (χ1v) is 11.8. The molecule has 3 atom stereocenters. The van der Waals surface area contributed by atoms with Gasteiger partial charge in [-0.2, -0.15) is 0 Å². The summed E-state index contributed by atoms with van der Waals surface area (Å²) in [5.74, 6) is 1.14. The first kappa shape index (κ1) is 21.8. The first-order valence-electron chi connectivity index (χ1n) is 11.5. The number of hydrogen-bond donors (Lipinski definition) is 1. The minimum absolute atomic E-state index is 0.0849. The van der Waals surface area contributed by atoms with E-state index in [2.05, 4.69) is 15.2 Å². The molecule has 0 spiro atoms. The van der Waals surface area contributed by atoms with Crippen molar-refractivity contribution in [1.29, 1.82) is 0 Å². The molecular weight excluding hydrogens is 440 g/mol. The lowest BCUT2D eigenvalue weighted by atomic mass is 9.82. The molecule has 3 fully saturated rings. The van der Waals surface area contributed by atoms with Crippen LogP contribution in [0.4, 0.5) is 5.82 Å². The molecule has 1 N–H and O–H groups in total. The molecule has 2 aromatic rings. The largest absolute Gasteiger partial charge is 0.483 e. The fourth-order valence-electron chi connectivity index (χ4n) is 4.88. The number of benzene rings is 1. The summed E-state index contributed by atoms with van der Waals surface area (Å²) in [5.41, 5.74) is 0.858. The normalized spacial score (nSPS) is 26.4. The van der Waals surface area contributed by atoms with Crippen molar-refractivity contribution in [3.05, 3.63) is 65.0 Å². The summed E-state index contributed by atoms with van der Waals surface area (Å²) < 4.78 is 6.05. The van der Waals surface area contributed by atoms with Crippen LogP contribution in [0.2, 0.25) is 5.02 Å². The van der Waals surface area contributed by atoms with Crippen LogP contribution in [0.1, 0.15) is 24.8 Å². The Morgan fingerprint density at radius 1 is 1.09 bits per heavy atom. The number of rotatable bonds is 3. The van der Waals surface area contributed by atoms with Gasteiger partial charge in [0.15, 0.2) is 5.76 Å². The average molecular weight is 467 g/mol. The van der Waals surface area contributed by atoms with Gasteiger partial charge in [-0.15, -0.1) is 0 Å². The number of fused-ring (bicyclic) bond motifs is 1. The lowest BCUT2D eigenvalue weighted by molar-refractivity contribution is -0.141. The van der Waals surface area contributed by atoms with Crippen molar-refractivity contribution in [1.82, 2.24) is 15.2 Å². The second-order valence-corrected chi connectivity index (χ2v) is 9.24. The zero-order valence-corrected chi connectivity index (χ0v) is 19.1. The number of amides is 2. The zero-order valence-electron chi connectivity index (χ0n) is 18.3. The van der Waals surface area contributed by atoms with Gasteiger partial charge in [0.25, 0.3) is 5.91 Å². The molecule has 1 aromatic carbocycles. The highest BCUT2D eigenvalue weighted by Crippen LogP contribution is 2.33. The van der Waals surface area contributed by atoms with Gasteiger partial charge in [0, 0.05) is 43.3 Å². The number of ether oxygens (including phenoxy) is 1. The fourth-order valence-corrected chi connectivity index (χ4v) is 5.01. The molecule has 1 aliphatic carbocycles. The fraction of sp³-hybridized carbons (Fsp3) is 0.400. The SMILES string of the molecule is O=C1NC2CC(C(=O)N3CCN(c4ccccn4)CC3)CCC2O/C1=C/c1ccc(Cl)cc1. The van der Waals surface area contributed by atoms with Crippen LogP contribution in [-0.2, 0) is 14.3 Å². The van der Waals surface area contributed by atoms with Crippen LogP contribution in [0.5, 0.6) is 0 Å². The Bertz CT molecular complexity index is 1040. The number of morpholine rings is 1. The molecule has 5 rings (SSSR count). The standard InChI is InChI=1S/C25H27ClN4O3/c26-19-7-4-17(5-8-19)15-22-24(31)28-20-16-18(6-9-21(20)33-22)25(32)30-13-11-29(12-14-30)23-3-1-2-10-27-23/h1-5,7-8,10,15,18,20-21H,6,9,11-14,16H2,(H,28,31)/b22-15+. The summed E-state index contributed by atoms with van der Waals surface area (Å²) in [6.45, 7) is 2.94. The summed E-state index contributed by atoms with van der Waals surface area (Å²) in [6, 6.07) is 13.0. The van der Waals surface area contributed by atoms with E-state index in [-0.39, 0.29) is 29.9 Å². The molecule has 2 amide bonds. The predicted octanol–water partition coefficient (Wildman–Crippen LogP) is 3.11. The van der Waals surface area contributed by atoms with Crippen LogP contribution >= 0.6 is 11.6 Å². The van der Waals surface area contributed by atoms with E-state index in [4.69, 9.17) is 16.3 Å². The minimum Gasteiger partial charge on any atom is -0.483 e. The van der Waals surface area contributed by atoms with Gasteiger partial charge in [-0.3, -0.25) is 9.59 Å². The molecular formula is C25H27ClN4O3. The Morgan fingerprint density at radius 3 is 2.61 bits per heavy atom.